The molecule has 2 aromatic carbocycles. The average molecular weight is 392 g/mol. The highest BCUT2D eigenvalue weighted by Gasteiger charge is 2.18. The summed E-state index contributed by atoms with van der Waals surface area (Å²) in [5, 5.41) is 5.29. The maximum absolute atomic E-state index is 12.1. The minimum Gasteiger partial charge on any atom is -0.455 e. The molecule has 2 amide bonds. The minimum absolute atomic E-state index is 0. The monoisotopic (exact) mass is 391 g/mol. The van der Waals surface area contributed by atoms with Crippen LogP contribution in [0.1, 0.15) is 19.4 Å². The maximum atomic E-state index is 12.1. The van der Waals surface area contributed by atoms with Gasteiger partial charge in [-0.1, -0.05) is 43.7 Å². The van der Waals surface area contributed by atoms with E-state index in [0.29, 0.717) is 17.2 Å². The maximum Gasteiger partial charge on any atom is 0.243 e. The second-order valence-electron chi connectivity index (χ2n) is 6.45. The Kier molecular flexibility index (Phi) is 8.78. The smallest absolute Gasteiger partial charge is 0.243 e. The summed E-state index contributed by atoms with van der Waals surface area (Å²) in [5.41, 5.74) is 7.42. The van der Waals surface area contributed by atoms with E-state index >= 15 is 0 Å². The molecular weight excluding hydrogens is 366 g/mol. The van der Waals surface area contributed by atoms with Gasteiger partial charge in [-0.2, -0.15) is 0 Å². The summed E-state index contributed by atoms with van der Waals surface area (Å²) in [6.07, 6.45) is 0. The standard InChI is InChI=1S/C20H25N3O3.ClH/c1-13(2)19(21)20(25)22-12-18(24)23-16-6-4-5-7-17(16)26-15-10-8-14(3)9-11-15;/h4-11,13,19H,12,21H2,1-3H3,(H,22,25)(H,23,24);1H/t19-;/m0./s1. The molecule has 7 heteroatoms. The summed E-state index contributed by atoms with van der Waals surface area (Å²) < 4.78 is 5.84. The van der Waals surface area contributed by atoms with Gasteiger partial charge in [0, 0.05) is 0 Å². The zero-order valence-corrected chi connectivity index (χ0v) is 16.5. The Morgan fingerprint density at radius 3 is 2.33 bits per heavy atom. The highest BCUT2D eigenvalue weighted by molar-refractivity contribution is 5.96. The number of nitrogens with two attached hydrogens (primary N) is 1. The molecule has 0 saturated carbocycles. The Bertz CT molecular complexity index is 763. The van der Waals surface area contributed by atoms with E-state index in [-0.39, 0.29) is 36.7 Å². The fourth-order valence-corrected chi connectivity index (χ4v) is 2.17. The first-order valence-electron chi connectivity index (χ1n) is 8.53. The van der Waals surface area contributed by atoms with Gasteiger partial charge < -0.3 is 21.1 Å². The van der Waals surface area contributed by atoms with Crippen LogP contribution in [0.3, 0.4) is 0 Å². The lowest BCUT2D eigenvalue weighted by molar-refractivity contribution is -0.125. The quantitative estimate of drug-likeness (QED) is 0.675. The van der Waals surface area contributed by atoms with Gasteiger partial charge in [-0.15, -0.1) is 12.4 Å². The SMILES string of the molecule is Cc1ccc(Oc2ccccc2NC(=O)CNC(=O)[C@@H](N)C(C)C)cc1.Cl. The number of hydrogen-bond acceptors (Lipinski definition) is 4. The van der Waals surface area contributed by atoms with Crippen LogP contribution in [0.25, 0.3) is 0 Å². The number of halogens is 1. The van der Waals surface area contributed by atoms with Crippen molar-refractivity contribution < 1.29 is 14.3 Å². The number of nitrogens with one attached hydrogen (secondary N) is 2. The Hall–Kier alpha value is -2.57. The van der Waals surface area contributed by atoms with E-state index in [0.717, 1.165) is 5.56 Å². The van der Waals surface area contributed by atoms with Gasteiger partial charge in [-0.25, -0.2) is 0 Å². The summed E-state index contributed by atoms with van der Waals surface area (Å²) in [5.74, 6) is 0.499. The summed E-state index contributed by atoms with van der Waals surface area (Å²) in [7, 11) is 0. The van der Waals surface area contributed by atoms with Crippen LogP contribution in [-0.4, -0.2) is 24.4 Å². The van der Waals surface area contributed by atoms with Gasteiger partial charge in [0.2, 0.25) is 11.8 Å². The van der Waals surface area contributed by atoms with E-state index < -0.39 is 6.04 Å². The number of anilines is 1. The zero-order chi connectivity index (χ0) is 19.1. The number of amides is 2. The first-order chi connectivity index (χ1) is 12.4. The Balaban J connectivity index is 0.00000364. The zero-order valence-electron chi connectivity index (χ0n) is 15.7. The number of ether oxygens (including phenoxy) is 1. The summed E-state index contributed by atoms with van der Waals surface area (Å²) >= 11 is 0. The minimum atomic E-state index is -0.639. The van der Waals surface area contributed by atoms with E-state index in [1.165, 1.54) is 0 Å². The van der Waals surface area contributed by atoms with Crippen LogP contribution in [0.15, 0.2) is 48.5 Å². The predicted octanol–water partition coefficient (Wildman–Crippen LogP) is 3.25. The van der Waals surface area contributed by atoms with Crippen molar-refractivity contribution in [2.75, 3.05) is 11.9 Å². The van der Waals surface area contributed by atoms with Crippen molar-refractivity contribution in [1.82, 2.24) is 5.32 Å². The number of carbonyl (C=O) groups is 2. The normalized spacial score (nSPS) is 11.3. The second-order valence-corrected chi connectivity index (χ2v) is 6.45. The number of rotatable bonds is 7. The fourth-order valence-electron chi connectivity index (χ4n) is 2.17. The van der Waals surface area contributed by atoms with Crippen molar-refractivity contribution in [2.45, 2.75) is 26.8 Å². The number of carbonyl (C=O) groups excluding carboxylic acids is 2. The molecule has 2 aromatic rings. The largest absolute Gasteiger partial charge is 0.455 e. The third-order valence-electron chi connectivity index (χ3n) is 3.85. The molecule has 146 valence electrons. The van der Waals surface area contributed by atoms with Crippen LogP contribution in [-0.2, 0) is 9.59 Å². The molecule has 27 heavy (non-hydrogen) atoms. The molecule has 4 N–H and O–H groups in total. The number of benzene rings is 2. The lowest BCUT2D eigenvalue weighted by atomic mass is 10.1. The predicted molar refractivity (Wildman–Crippen MR) is 109 cm³/mol. The Morgan fingerprint density at radius 1 is 1.07 bits per heavy atom. The van der Waals surface area contributed by atoms with Gasteiger partial charge in [0.05, 0.1) is 18.3 Å². The second kappa shape index (κ2) is 10.5. The highest BCUT2D eigenvalue weighted by atomic mass is 35.5. The molecule has 0 aliphatic heterocycles. The van der Waals surface area contributed by atoms with Crippen molar-refractivity contribution in [3.8, 4) is 11.5 Å². The summed E-state index contributed by atoms with van der Waals surface area (Å²) in [6.45, 7) is 5.54. The van der Waals surface area contributed by atoms with Crippen LogP contribution in [0.4, 0.5) is 5.69 Å². The molecule has 0 radical (unpaired) electrons. The molecule has 0 saturated heterocycles. The number of para-hydroxylation sites is 2. The number of aryl methyl sites for hydroxylation is 1. The summed E-state index contributed by atoms with van der Waals surface area (Å²) in [6, 6.07) is 14.1. The first kappa shape index (κ1) is 22.5. The highest BCUT2D eigenvalue weighted by Crippen LogP contribution is 2.29. The van der Waals surface area contributed by atoms with Gasteiger partial charge in [0.25, 0.3) is 0 Å². The van der Waals surface area contributed by atoms with E-state index in [1.807, 2.05) is 51.1 Å². The van der Waals surface area contributed by atoms with Gasteiger partial charge in [0.15, 0.2) is 5.75 Å². The van der Waals surface area contributed by atoms with E-state index in [9.17, 15) is 9.59 Å². The van der Waals surface area contributed by atoms with E-state index in [4.69, 9.17) is 10.5 Å². The number of hydrogen-bond donors (Lipinski definition) is 3. The third kappa shape index (κ3) is 6.92. The molecule has 0 aromatic heterocycles. The van der Waals surface area contributed by atoms with Gasteiger partial charge in [0.1, 0.15) is 5.75 Å². The topological polar surface area (TPSA) is 93.5 Å². The first-order valence-corrected chi connectivity index (χ1v) is 8.53. The van der Waals surface area contributed by atoms with Crippen LogP contribution in [0.2, 0.25) is 0 Å². The van der Waals surface area contributed by atoms with Crippen molar-refractivity contribution >= 4 is 29.9 Å². The molecule has 0 unspecified atom stereocenters. The van der Waals surface area contributed by atoms with Crippen molar-refractivity contribution in [1.29, 1.82) is 0 Å². The third-order valence-corrected chi connectivity index (χ3v) is 3.85. The molecule has 0 fully saturated rings. The van der Waals surface area contributed by atoms with Gasteiger partial charge >= 0.3 is 0 Å². The fraction of sp³-hybridized carbons (Fsp3) is 0.300. The van der Waals surface area contributed by atoms with Crippen LogP contribution < -0.4 is 21.1 Å². The molecular formula is C20H26ClN3O3. The Labute approximate surface area is 165 Å². The van der Waals surface area contributed by atoms with Crippen LogP contribution in [0.5, 0.6) is 11.5 Å². The lowest BCUT2D eigenvalue weighted by Crippen LogP contribution is -2.46. The summed E-state index contributed by atoms with van der Waals surface area (Å²) in [4.78, 5) is 24.0. The molecule has 0 bridgehead atoms. The van der Waals surface area contributed by atoms with Crippen LogP contribution in [0, 0.1) is 12.8 Å². The molecule has 0 aliphatic rings. The molecule has 0 heterocycles. The van der Waals surface area contributed by atoms with Crippen molar-refractivity contribution in [3.05, 3.63) is 54.1 Å². The van der Waals surface area contributed by atoms with Crippen molar-refractivity contribution in [2.24, 2.45) is 11.7 Å². The lowest BCUT2D eigenvalue weighted by Gasteiger charge is -2.16. The molecule has 0 spiro atoms. The molecule has 2 rings (SSSR count). The van der Waals surface area contributed by atoms with Crippen LogP contribution >= 0.6 is 12.4 Å². The molecule has 1 atom stereocenters. The molecule has 6 nitrogen and oxygen atoms in total. The van der Waals surface area contributed by atoms with E-state index in [1.54, 1.807) is 18.2 Å². The molecule has 0 aliphatic carbocycles. The van der Waals surface area contributed by atoms with Gasteiger partial charge in [-0.3, -0.25) is 9.59 Å². The van der Waals surface area contributed by atoms with Gasteiger partial charge in [-0.05, 0) is 37.1 Å². The Morgan fingerprint density at radius 2 is 1.70 bits per heavy atom. The van der Waals surface area contributed by atoms with E-state index in [2.05, 4.69) is 10.6 Å². The average Bonchev–Trinajstić information content (AvgIpc) is 2.62. The van der Waals surface area contributed by atoms with Crippen molar-refractivity contribution in [3.63, 3.8) is 0 Å².